The quantitative estimate of drug-likeness (QED) is 0.133. The van der Waals surface area contributed by atoms with Crippen molar-refractivity contribution in [3.8, 4) is 0 Å². The molecule has 9 heteroatoms. The van der Waals surface area contributed by atoms with E-state index in [1.807, 2.05) is 60.9 Å². The van der Waals surface area contributed by atoms with Gasteiger partial charge in [0.1, 0.15) is 18.3 Å². The van der Waals surface area contributed by atoms with E-state index in [-0.39, 0.29) is 12.1 Å². The second kappa shape index (κ2) is 16.1. The van der Waals surface area contributed by atoms with Crippen molar-refractivity contribution in [3.63, 3.8) is 0 Å². The number of nitrogens with zero attached hydrogens (tertiary/aromatic N) is 5. The van der Waals surface area contributed by atoms with Gasteiger partial charge in [-0.05, 0) is 47.2 Å². The van der Waals surface area contributed by atoms with Crippen molar-refractivity contribution in [1.82, 2.24) is 29.3 Å². The molecule has 244 valence electrons. The number of hydrogen-bond acceptors (Lipinski definition) is 6. The number of hydrogen-bond donors (Lipinski definition) is 2. The number of ether oxygens (including phenoxy) is 1. The zero-order valence-corrected chi connectivity index (χ0v) is 27.2. The van der Waals surface area contributed by atoms with E-state index >= 15 is 0 Å². The smallest absolute Gasteiger partial charge is 0.410 e. The van der Waals surface area contributed by atoms with Gasteiger partial charge in [-0.3, -0.25) is 4.90 Å². The van der Waals surface area contributed by atoms with Gasteiger partial charge >= 0.3 is 6.09 Å². The van der Waals surface area contributed by atoms with E-state index in [1.54, 1.807) is 6.20 Å². The number of benzene rings is 3. The highest BCUT2D eigenvalue weighted by atomic mass is 16.6. The lowest BCUT2D eigenvalue weighted by molar-refractivity contribution is 0.0683. The first-order chi connectivity index (χ1) is 23.1. The fraction of sp³-hybridized carbons (Fsp3) is 0.342. The molecule has 0 bridgehead atoms. The highest BCUT2D eigenvalue weighted by Crippen LogP contribution is 2.26. The summed E-state index contributed by atoms with van der Waals surface area (Å²) in [6, 6.07) is 27.3. The zero-order chi connectivity index (χ0) is 32.3. The third-order valence-corrected chi connectivity index (χ3v) is 8.90. The number of aromatic amines is 1. The van der Waals surface area contributed by atoms with Crippen LogP contribution in [0.3, 0.4) is 0 Å². The molecule has 3 aromatic carbocycles. The van der Waals surface area contributed by atoms with Crippen LogP contribution in [0.15, 0.2) is 104 Å². The Kier molecular flexibility index (Phi) is 11.0. The van der Waals surface area contributed by atoms with Crippen LogP contribution in [0.25, 0.3) is 0 Å². The molecule has 1 aliphatic carbocycles. The molecular weight excluding hydrogens is 586 g/mol. The van der Waals surface area contributed by atoms with Crippen LogP contribution in [0.1, 0.15) is 66.0 Å². The summed E-state index contributed by atoms with van der Waals surface area (Å²) < 4.78 is 7.83. The minimum Gasteiger partial charge on any atom is -0.445 e. The number of nitrogens with one attached hydrogen (secondary N) is 2. The van der Waals surface area contributed by atoms with Gasteiger partial charge in [-0.15, -0.1) is 0 Å². The van der Waals surface area contributed by atoms with E-state index < -0.39 is 0 Å². The maximum atomic E-state index is 13.3. The predicted octanol–water partition coefficient (Wildman–Crippen LogP) is 7.43. The number of H-pyrrole nitrogens is 1. The number of carbonyl (C=O) groups is 1. The van der Waals surface area contributed by atoms with E-state index in [2.05, 4.69) is 78.3 Å². The summed E-state index contributed by atoms with van der Waals surface area (Å²) >= 11 is 0. The highest BCUT2D eigenvalue weighted by Gasteiger charge is 2.27. The Bertz CT molecular complexity index is 1640. The van der Waals surface area contributed by atoms with Gasteiger partial charge < -0.3 is 24.5 Å². The molecule has 47 heavy (non-hydrogen) atoms. The van der Waals surface area contributed by atoms with E-state index in [1.165, 1.54) is 17.5 Å². The average Bonchev–Trinajstić information content (AvgIpc) is 3.78. The molecule has 2 aromatic heterocycles. The van der Waals surface area contributed by atoms with E-state index in [9.17, 15) is 4.79 Å². The standard InChI is InChI=1S/C38H45N7O2/c1-43-23-22-41-37(43)28-44(27-36-39-20-21-40-36)25-31-14-12-30(13-15-31)24-42-34-18-16-32(17-19-34)26-45(35-10-6-3-7-11-35)38(46)47-29-33-8-4-2-5-9-33/h2,4-5,8-9,12-23,35,42H,3,6-7,10-11,24-29H2,1H3,(H,39,40). The van der Waals surface area contributed by atoms with Gasteiger partial charge in [-0.2, -0.15) is 0 Å². The average molecular weight is 632 g/mol. The molecule has 0 radical (unpaired) electrons. The fourth-order valence-electron chi connectivity index (χ4n) is 6.20. The van der Waals surface area contributed by atoms with Crippen LogP contribution < -0.4 is 5.32 Å². The van der Waals surface area contributed by atoms with Crippen molar-refractivity contribution in [2.45, 2.75) is 77.5 Å². The van der Waals surface area contributed by atoms with Gasteiger partial charge in [0, 0.05) is 63.2 Å². The summed E-state index contributed by atoms with van der Waals surface area (Å²) in [5.74, 6) is 1.96. The molecule has 2 N–H and O–H groups in total. The molecule has 0 saturated heterocycles. The number of carbonyl (C=O) groups excluding carboxylic acids is 1. The number of imidazole rings is 2. The molecule has 0 unspecified atom stereocenters. The zero-order valence-electron chi connectivity index (χ0n) is 27.2. The Balaban J connectivity index is 1.02. The molecule has 0 atom stereocenters. The van der Waals surface area contributed by atoms with Crippen LogP contribution in [0.4, 0.5) is 10.5 Å². The van der Waals surface area contributed by atoms with Crippen molar-refractivity contribution in [2.24, 2.45) is 7.05 Å². The van der Waals surface area contributed by atoms with Crippen LogP contribution in [0.2, 0.25) is 0 Å². The summed E-state index contributed by atoms with van der Waals surface area (Å²) in [7, 11) is 2.03. The second-order valence-corrected chi connectivity index (χ2v) is 12.5. The number of aryl methyl sites for hydroxylation is 1. The monoisotopic (exact) mass is 631 g/mol. The lowest BCUT2D eigenvalue weighted by Gasteiger charge is -2.33. The third-order valence-electron chi connectivity index (χ3n) is 8.90. The number of rotatable bonds is 14. The molecule has 1 saturated carbocycles. The molecule has 1 fully saturated rings. The first kappa shape index (κ1) is 32.1. The van der Waals surface area contributed by atoms with Crippen LogP contribution >= 0.6 is 0 Å². The van der Waals surface area contributed by atoms with Gasteiger partial charge in [-0.1, -0.05) is 86.0 Å². The molecule has 1 aliphatic rings. The maximum absolute atomic E-state index is 13.3. The third kappa shape index (κ3) is 9.33. The predicted molar refractivity (Wildman–Crippen MR) is 184 cm³/mol. The largest absolute Gasteiger partial charge is 0.445 e. The summed E-state index contributed by atoms with van der Waals surface area (Å²) in [4.78, 5) is 29.7. The molecule has 6 rings (SSSR count). The molecule has 9 nitrogen and oxygen atoms in total. The van der Waals surface area contributed by atoms with Crippen LogP contribution in [0.5, 0.6) is 0 Å². The van der Waals surface area contributed by atoms with Crippen LogP contribution in [-0.4, -0.2) is 41.5 Å². The lowest BCUT2D eigenvalue weighted by Crippen LogP contribution is -2.41. The Morgan fingerprint density at radius 3 is 2.26 bits per heavy atom. The summed E-state index contributed by atoms with van der Waals surface area (Å²) in [6.45, 7) is 3.81. The van der Waals surface area contributed by atoms with Crippen molar-refractivity contribution >= 4 is 11.8 Å². The van der Waals surface area contributed by atoms with Gasteiger partial charge in [0.15, 0.2) is 0 Å². The molecule has 5 aromatic rings. The summed E-state index contributed by atoms with van der Waals surface area (Å²) in [5, 5.41) is 3.55. The molecule has 2 heterocycles. The molecule has 0 spiro atoms. The topological polar surface area (TPSA) is 91.3 Å². The Hall–Kier alpha value is -4.89. The van der Waals surface area contributed by atoms with E-state index in [0.29, 0.717) is 19.7 Å². The summed E-state index contributed by atoms with van der Waals surface area (Å²) in [6.07, 6.45) is 12.9. The number of anilines is 1. The second-order valence-electron chi connectivity index (χ2n) is 12.5. The van der Waals surface area contributed by atoms with Crippen LogP contribution in [-0.2, 0) is 51.1 Å². The van der Waals surface area contributed by atoms with Crippen molar-refractivity contribution in [1.29, 1.82) is 0 Å². The van der Waals surface area contributed by atoms with Crippen molar-refractivity contribution < 1.29 is 9.53 Å². The lowest BCUT2D eigenvalue weighted by atomic mass is 9.94. The minimum absolute atomic E-state index is 0.222. The first-order valence-corrected chi connectivity index (χ1v) is 16.6. The maximum Gasteiger partial charge on any atom is 0.410 e. The normalized spacial score (nSPS) is 13.5. The SMILES string of the molecule is Cn1ccnc1CN(Cc1ccc(CNc2ccc(CN(C(=O)OCc3ccccc3)C3CCCCC3)cc2)cc1)Cc1ncc[nH]1. The van der Waals surface area contributed by atoms with Gasteiger partial charge in [0.05, 0.1) is 13.1 Å². The van der Waals surface area contributed by atoms with Gasteiger partial charge in [-0.25, -0.2) is 14.8 Å². The highest BCUT2D eigenvalue weighted by molar-refractivity contribution is 5.68. The van der Waals surface area contributed by atoms with Gasteiger partial charge in [0.25, 0.3) is 0 Å². The Morgan fingerprint density at radius 2 is 1.55 bits per heavy atom. The molecule has 1 amide bonds. The van der Waals surface area contributed by atoms with Gasteiger partial charge in [0.2, 0.25) is 0 Å². The number of aromatic nitrogens is 4. The van der Waals surface area contributed by atoms with Crippen molar-refractivity contribution in [2.75, 3.05) is 5.32 Å². The first-order valence-electron chi connectivity index (χ1n) is 16.6. The summed E-state index contributed by atoms with van der Waals surface area (Å²) in [5.41, 5.74) is 5.61. The van der Waals surface area contributed by atoms with E-state index in [4.69, 9.17) is 4.74 Å². The Labute approximate surface area is 277 Å². The van der Waals surface area contributed by atoms with Crippen molar-refractivity contribution in [3.05, 3.63) is 138 Å². The fourth-order valence-corrected chi connectivity index (χ4v) is 6.20. The Morgan fingerprint density at radius 1 is 0.830 bits per heavy atom. The van der Waals surface area contributed by atoms with Crippen LogP contribution in [0, 0.1) is 0 Å². The number of amides is 1. The molecule has 0 aliphatic heterocycles. The van der Waals surface area contributed by atoms with E-state index in [0.717, 1.165) is 73.8 Å². The molecular formula is C38H45N7O2. The minimum atomic E-state index is -0.230.